The molecule has 3 heteroatoms. The quantitative estimate of drug-likeness (QED) is 0.526. The fraction of sp³-hybridized carbons (Fsp3) is 0.667. The van der Waals surface area contributed by atoms with Gasteiger partial charge in [0.15, 0.2) is 0 Å². The molecule has 0 aromatic rings. The Morgan fingerprint density at radius 3 is 2.93 bits per heavy atom. The predicted molar refractivity (Wildman–Crippen MR) is 56.9 cm³/mol. The first-order valence-electron chi connectivity index (χ1n) is 5.30. The monoisotopic (exact) mass is 207 g/mol. The molecule has 1 atom stereocenters. The van der Waals surface area contributed by atoms with E-state index in [1.807, 2.05) is 6.92 Å². The maximum absolute atomic E-state index is 11.0. The number of carbonyl (C=O) groups is 1. The molecule has 0 aromatic heterocycles. The number of esters is 1. The molecule has 82 valence electrons. The number of hydrogen-bond donors (Lipinski definition) is 0. The molecule has 1 unspecified atom stereocenters. The zero-order chi connectivity index (χ0) is 11.3. The van der Waals surface area contributed by atoms with E-state index in [2.05, 4.69) is 16.9 Å². The van der Waals surface area contributed by atoms with E-state index in [9.17, 15) is 10.1 Å². The number of ether oxygens (including phenoxy) is 1. The van der Waals surface area contributed by atoms with Crippen LogP contribution in [0.1, 0.15) is 39.0 Å². The van der Waals surface area contributed by atoms with Crippen LogP contribution in [0.2, 0.25) is 0 Å². The molecule has 0 N–H and O–H groups in total. The molecule has 0 fully saturated rings. The van der Waals surface area contributed by atoms with Crippen molar-refractivity contribution in [3.05, 3.63) is 11.6 Å². The molecule has 0 radical (unpaired) electrons. The lowest BCUT2D eigenvalue weighted by Crippen LogP contribution is -2.18. The molecule has 0 amide bonds. The minimum atomic E-state index is -0.481. The molecule has 0 bridgehead atoms. The van der Waals surface area contributed by atoms with E-state index in [1.165, 1.54) is 12.7 Å². The van der Waals surface area contributed by atoms with Gasteiger partial charge in [-0.05, 0) is 32.6 Å². The first-order valence-corrected chi connectivity index (χ1v) is 5.30. The van der Waals surface area contributed by atoms with Crippen molar-refractivity contribution in [2.75, 3.05) is 7.11 Å². The van der Waals surface area contributed by atoms with Crippen molar-refractivity contribution >= 4 is 5.97 Å². The molecule has 1 aliphatic carbocycles. The summed E-state index contributed by atoms with van der Waals surface area (Å²) < 4.78 is 4.58. The first kappa shape index (κ1) is 11.8. The van der Waals surface area contributed by atoms with E-state index in [1.54, 1.807) is 0 Å². The highest BCUT2D eigenvalue weighted by Gasteiger charge is 2.30. The molecular weight excluding hydrogens is 190 g/mol. The van der Waals surface area contributed by atoms with Crippen molar-refractivity contribution in [3.8, 4) is 6.07 Å². The van der Waals surface area contributed by atoms with E-state index in [4.69, 9.17) is 0 Å². The summed E-state index contributed by atoms with van der Waals surface area (Å²) in [6.07, 6.45) is 6.20. The Kier molecular flexibility index (Phi) is 3.90. The lowest BCUT2D eigenvalue weighted by atomic mass is 9.79. The highest BCUT2D eigenvalue weighted by Crippen LogP contribution is 2.38. The SMILES string of the molecule is COC(=O)CCC(C)(C#N)C1=CCCC1. The van der Waals surface area contributed by atoms with E-state index in [0.717, 1.165) is 19.3 Å². The van der Waals surface area contributed by atoms with Gasteiger partial charge in [-0.3, -0.25) is 4.79 Å². The molecule has 0 aliphatic heterocycles. The van der Waals surface area contributed by atoms with Crippen LogP contribution in [0.15, 0.2) is 11.6 Å². The summed E-state index contributed by atoms with van der Waals surface area (Å²) in [7, 11) is 1.38. The third-order valence-electron chi connectivity index (χ3n) is 3.05. The van der Waals surface area contributed by atoms with Gasteiger partial charge in [0.2, 0.25) is 0 Å². The first-order chi connectivity index (χ1) is 7.12. The van der Waals surface area contributed by atoms with Gasteiger partial charge in [0.25, 0.3) is 0 Å². The van der Waals surface area contributed by atoms with Crippen molar-refractivity contribution in [2.45, 2.75) is 39.0 Å². The third kappa shape index (κ3) is 2.82. The summed E-state index contributed by atoms with van der Waals surface area (Å²) >= 11 is 0. The Morgan fingerprint density at radius 2 is 2.47 bits per heavy atom. The molecule has 1 aliphatic rings. The van der Waals surface area contributed by atoms with Gasteiger partial charge in [-0.25, -0.2) is 0 Å². The molecule has 0 spiro atoms. The Bertz CT molecular complexity index is 314. The van der Waals surface area contributed by atoms with Gasteiger partial charge in [0.1, 0.15) is 0 Å². The van der Waals surface area contributed by atoms with E-state index in [0.29, 0.717) is 12.8 Å². The van der Waals surface area contributed by atoms with Crippen LogP contribution in [-0.4, -0.2) is 13.1 Å². The Hall–Kier alpha value is -1.30. The number of allylic oxidation sites excluding steroid dienone is 2. The van der Waals surface area contributed by atoms with Gasteiger partial charge in [0, 0.05) is 6.42 Å². The Morgan fingerprint density at radius 1 is 1.73 bits per heavy atom. The highest BCUT2D eigenvalue weighted by atomic mass is 16.5. The van der Waals surface area contributed by atoms with Crippen molar-refractivity contribution in [1.82, 2.24) is 0 Å². The summed E-state index contributed by atoms with van der Waals surface area (Å²) in [5.74, 6) is -0.241. The minimum absolute atomic E-state index is 0.241. The second-order valence-electron chi connectivity index (χ2n) is 4.14. The van der Waals surface area contributed by atoms with Crippen molar-refractivity contribution < 1.29 is 9.53 Å². The van der Waals surface area contributed by atoms with Crippen LogP contribution in [0.4, 0.5) is 0 Å². The zero-order valence-electron chi connectivity index (χ0n) is 9.38. The van der Waals surface area contributed by atoms with Crippen LogP contribution in [0, 0.1) is 16.7 Å². The molecule has 15 heavy (non-hydrogen) atoms. The van der Waals surface area contributed by atoms with E-state index in [-0.39, 0.29) is 5.97 Å². The highest BCUT2D eigenvalue weighted by molar-refractivity contribution is 5.69. The largest absolute Gasteiger partial charge is 0.469 e. The van der Waals surface area contributed by atoms with Crippen molar-refractivity contribution in [2.24, 2.45) is 5.41 Å². The predicted octanol–water partition coefficient (Wildman–Crippen LogP) is 2.58. The molecule has 0 saturated carbocycles. The molecule has 0 saturated heterocycles. The van der Waals surface area contributed by atoms with Gasteiger partial charge in [-0.2, -0.15) is 5.26 Å². The van der Waals surface area contributed by atoms with Crippen molar-refractivity contribution in [1.29, 1.82) is 5.26 Å². The fourth-order valence-corrected chi connectivity index (χ4v) is 1.91. The van der Waals surface area contributed by atoms with Crippen LogP contribution in [0.5, 0.6) is 0 Å². The lowest BCUT2D eigenvalue weighted by Gasteiger charge is -2.22. The molecule has 0 aromatic carbocycles. The number of methoxy groups -OCH3 is 1. The summed E-state index contributed by atoms with van der Waals surface area (Å²) in [6.45, 7) is 1.91. The van der Waals surface area contributed by atoms with Gasteiger partial charge >= 0.3 is 5.97 Å². The number of nitrogens with zero attached hydrogens (tertiary/aromatic N) is 1. The standard InChI is InChI=1S/C12H17NO2/c1-12(9-13,8-7-11(14)15-2)10-5-3-4-6-10/h5H,3-4,6-8H2,1-2H3. The maximum atomic E-state index is 11.0. The molecule has 1 rings (SSSR count). The van der Waals surface area contributed by atoms with Crippen LogP contribution in [0.25, 0.3) is 0 Å². The summed E-state index contributed by atoms with van der Waals surface area (Å²) in [4.78, 5) is 11.0. The fourth-order valence-electron chi connectivity index (χ4n) is 1.91. The number of rotatable bonds is 4. The van der Waals surface area contributed by atoms with E-state index < -0.39 is 5.41 Å². The summed E-state index contributed by atoms with van der Waals surface area (Å²) in [6, 6.07) is 2.32. The minimum Gasteiger partial charge on any atom is -0.469 e. The van der Waals surface area contributed by atoms with Gasteiger partial charge < -0.3 is 4.74 Å². The smallest absolute Gasteiger partial charge is 0.305 e. The number of carbonyl (C=O) groups excluding carboxylic acids is 1. The average Bonchev–Trinajstić information content (AvgIpc) is 2.79. The topological polar surface area (TPSA) is 50.1 Å². The van der Waals surface area contributed by atoms with E-state index >= 15 is 0 Å². The van der Waals surface area contributed by atoms with Crippen LogP contribution >= 0.6 is 0 Å². The summed E-state index contributed by atoms with van der Waals surface area (Å²) in [5, 5.41) is 9.19. The Labute approximate surface area is 90.7 Å². The van der Waals surface area contributed by atoms with Crippen molar-refractivity contribution in [3.63, 3.8) is 0 Å². The van der Waals surface area contributed by atoms with Crippen LogP contribution in [-0.2, 0) is 9.53 Å². The second-order valence-corrected chi connectivity index (χ2v) is 4.14. The number of hydrogen-bond acceptors (Lipinski definition) is 3. The lowest BCUT2D eigenvalue weighted by molar-refractivity contribution is -0.141. The molecular formula is C12H17NO2. The van der Waals surface area contributed by atoms with Gasteiger partial charge in [-0.1, -0.05) is 11.6 Å². The molecule has 0 heterocycles. The van der Waals surface area contributed by atoms with Crippen LogP contribution in [0.3, 0.4) is 0 Å². The van der Waals surface area contributed by atoms with Crippen LogP contribution < -0.4 is 0 Å². The second kappa shape index (κ2) is 4.97. The van der Waals surface area contributed by atoms with Gasteiger partial charge in [-0.15, -0.1) is 0 Å². The summed E-state index contributed by atoms with van der Waals surface area (Å²) in [5.41, 5.74) is 0.707. The average molecular weight is 207 g/mol. The third-order valence-corrected chi connectivity index (χ3v) is 3.05. The molecule has 3 nitrogen and oxygen atoms in total. The van der Waals surface area contributed by atoms with Gasteiger partial charge in [0.05, 0.1) is 18.6 Å². The Balaban J connectivity index is 2.61. The number of nitriles is 1. The zero-order valence-corrected chi connectivity index (χ0v) is 9.38. The maximum Gasteiger partial charge on any atom is 0.305 e. The normalized spacial score (nSPS) is 18.9.